The fourth-order valence-corrected chi connectivity index (χ4v) is 2.99. The Hall–Kier alpha value is -2.67. The lowest BCUT2D eigenvalue weighted by Crippen LogP contribution is -2.45. The third-order valence-corrected chi connectivity index (χ3v) is 4.39. The van der Waals surface area contributed by atoms with Crippen LogP contribution in [0.4, 0.5) is 0 Å². The van der Waals surface area contributed by atoms with Crippen molar-refractivity contribution in [2.24, 2.45) is 5.41 Å². The third-order valence-electron chi connectivity index (χ3n) is 4.39. The first kappa shape index (κ1) is 15.8. The van der Waals surface area contributed by atoms with Crippen LogP contribution >= 0.6 is 0 Å². The van der Waals surface area contributed by atoms with Crippen molar-refractivity contribution in [2.45, 2.75) is 20.0 Å². The van der Waals surface area contributed by atoms with Gasteiger partial charge in [-0.3, -0.25) is 9.36 Å². The number of benzene rings is 1. The van der Waals surface area contributed by atoms with Crippen molar-refractivity contribution in [2.75, 3.05) is 19.8 Å². The van der Waals surface area contributed by atoms with E-state index < -0.39 is 0 Å². The van der Waals surface area contributed by atoms with E-state index in [2.05, 4.69) is 17.0 Å². The third kappa shape index (κ3) is 3.15. The molecule has 7 heteroatoms. The molecule has 0 bridgehead atoms. The molecule has 0 N–H and O–H groups in total. The van der Waals surface area contributed by atoms with Gasteiger partial charge in [0.05, 0.1) is 32.3 Å². The molecule has 0 saturated carbocycles. The van der Waals surface area contributed by atoms with E-state index in [1.165, 1.54) is 0 Å². The molecular weight excluding hydrogens is 320 g/mol. The predicted octanol–water partition coefficient (Wildman–Crippen LogP) is 1.71. The topological polar surface area (TPSA) is 71.2 Å². The maximum Gasteiger partial charge on any atom is 0.264 e. The number of ether oxygens (including phenoxy) is 2. The van der Waals surface area contributed by atoms with Gasteiger partial charge in [-0.2, -0.15) is 5.10 Å². The van der Waals surface area contributed by atoms with Crippen LogP contribution < -0.4 is 10.3 Å². The molecular formula is C18H20N4O3. The van der Waals surface area contributed by atoms with Crippen LogP contribution in [0.3, 0.4) is 0 Å². The zero-order valence-corrected chi connectivity index (χ0v) is 14.1. The van der Waals surface area contributed by atoms with Gasteiger partial charge in [0.25, 0.3) is 5.56 Å². The number of nitrogens with zero attached hydrogens (tertiary/aromatic N) is 4. The fraction of sp³-hybridized carbons (Fsp3) is 0.389. The van der Waals surface area contributed by atoms with E-state index >= 15 is 0 Å². The summed E-state index contributed by atoms with van der Waals surface area (Å²) in [5, 5.41) is 4.83. The highest BCUT2D eigenvalue weighted by Crippen LogP contribution is 2.27. The van der Waals surface area contributed by atoms with Crippen molar-refractivity contribution >= 4 is 11.0 Å². The van der Waals surface area contributed by atoms with Crippen LogP contribution in [-0.4, -0.2) is 39.2 Å². The van der Waals surface area contributed by atoms with E-state index in [4.69, 9.17) is 9.47 Å². The summed E-state index contributed by atoms with van der Waals surface area (Å²) in [5.41, 5.74) is 0.542. The summed E-state index contributed by atoms with van der Waals surface area (Å²) >= 11 is 0. The number of para-hydroxylation sites is 1. The lowest BCUT2D eigenvalue weighted by Gasteiger charge is -2.38. The van der Waals surface area contributed by atoms with Crippen LogP contribution in [0.5, 0.6) is 5.75 Å². The highest BCUT2D eigenvalue weighted by atomic mass is 16.5. The minimum atomic E-state index is -0.0617. The van der Waals surface area contributed by atoms with E-state index in [-0.39, 0.29) is 11.0 Å². The second kappa shape index (κ2) is 6.33. The van der Waals surface area contributed by atoms with Crippen LogP contribution in [0.15, 0.2) is 47.7 Å². The van der Waals surface area contributed by atoms with E-state index in [9.17, 15) is 4.79 Å². The Bertz CT molecular complexity index is 928. The fourth-order valence-electron chi connectivity index (χ4n) is 2.99. The summed E-state index contributed by atoms with van der Waals surface area (Å²) in [4.78, 5) is 17.1. The number of rotatable bonds is 6. The van der Waals surface area contributed by atoms with Gasteiger partial charge in [-0.1, -0.05) is 25.1 Å². The Balaban J connectivity index is 1.49. The van der Waals surface area contributed by atoms with Gasteiger partial charge < -0.3 is 9.47 Å². The van der Waals surface area contributed by atoms with E-state index in [0.717, 1.165) is 5.75 Å². The largest absolute Gasteiger partial charge is 0.492 e. The van der Waals surface area contributed by atoms with Gasteiger partial charge in [0, 0.05) is 12.0 Å². The molecule has 1 fully saturated rings. The van der Waals surface area contributed by atoms with Crippen molar-refractivity contribution in [3.8, 4) is 5.75 Å². The van der Waals surface area contributed by atoms with Crippen molar-refractivity contribution < 1.29 is 9.47 Å². The van der Waals surface area contributed by atoms with Gasteiger partial charge >= 0.3 is 0 Å². The molecule has 0 unspecified atom stereocenters. The van der Waals surface area contributed by atoms with Crippen LogP contribution in [-0.2, 0) is 17.8 Å². The van der Waals surface area contributed by atoms with Gasteiger partial charge in [-0.05, 0) is 12.1 Å². The molecule has 4 rings (SSSR count). The number of aromatic nitrogens is 4. The second-order valence-corrected chi connectivity index (χ2v) is 6.75. The minimum absolute atomic E-state index is 0.0126. The SMILES string of the molecule is CC1(Cn2cnc3c(cnn3CCOc3ccccc3)c2=O)COC1. The molecule has 0 spiro atoms. The average Bonchev–Trinajstić information content (AvgIpc) is 3.01. The van der Waals surface area contributed by atoms with Crippen molar-refractivity contribution in [1.82, 2.24) is 19.3 Å². The zero-order chi connectivity index (χ0) is 17.3. The molecule has 1 aliphatic heterocycles. The Labute approximate surface area is 144 Å². The Morgan fingerprint density at radius 3 is 2.80 bits per heavy atom. The van der Waals surface area contributed by atoms with Crippen LogP contribution in [0.25, 0.3) is 11.0 Å². The summed E-state index contributed by atoms with van der Waals surface area (Å²) < 4.78 is 14.3. The summed E-state index contributed by atoms with van der Waals surface area (Å²) in [5.74, 6) is 0.810. The van der Waals surface area contributed by atoms with E-state index in [0.29, 0.717) is 43.9 Å². The number of fused-ring (bicyclic) bond motifs is 1. The highest BCUT2D eigenvalue weighted by Gasteiger charge is 2.34. The summed E-state index contributed by atoms with van der Waals surface area (Å²) in [6, 6.07) is 9.61. The van der Waals surface area contributed by atoms with Crippen molar-refractivity contribution in [3.63, 3.8) is 0 Å². The first-order chi connectivity index (χ1) is 12.1. The quantitative estimate of drug-likeness (QED) is 0.683. The smallest absolute Gasteiger partial charge is 0.264 e. The molecule has 0 aliphatic carbocycles. The summed E-state index contributed by atoms with van der Waals surface area (Å²) in [6.07, 6.45) is 3.19. The maximum absolute atomic E-state index is 12.7. The van der Waals surface area contributed by atoms with Gasteiger partial charge in [-0.25, -0.2) is 9.67 Å². The van der Waals surface area contributed by atoms with Crippen LogP contribution in [0, 0.1) is 5.41 Å². The maximum atomic E-state index is 12.7. The molecule has 25 heavy (non-hydrogen) atoms. The first-order valence-electron chi connectivity index (χ1n) is 8.31. The molecule has 2 aromatic heterocycles. The lowest BCUT2D eigenvalue weighted by atomic mass is 9.88. The summed E-state index contributed by atoms with van der Waals surface area (Å²) in [7, 11) is 0. The number of hydrogen-bond donors (Lipinski definition) is 0. The first-order valence-corrected chi connectivity index (χ1v) is 8.31. The molecule has 7 nitrogen and oxygen atoms in total. The van der Waals surface area contributed by atoms with Gasteiger partial charge in [0.15, 0.2) is 5.65 Å². The lowest BCUT2D eigenvalue weighted by molar-refractivity contribution is -0.110. The van der Waals surface area contributed by atoms with Gasteiger partial charge in [0.1, 0.15) is 17.7 Å². The molecule has 0 radical (unpaired) electrons. The molecule has 3 aromatic rings. The number of hydrogen-bond acceptors (Lipinski definition) is 5. The average molecular weight is 340 g/mol. The predicted molar refractivity (Wildman–Crippen MR) is 92.7 cm³/mol. The Morgan fingerprint density at radius 2 is 2.08 bits per heavy atom. The minimum Gasteiger partial charge on any atom is -0.492 e. The molecule has 1 saturated heterocycles. The molecule has 130 valence electrons. The Morgan fingerprint density at radius 1 is 1.28 bits per heavy atom. The summed E-state index contributed by atoms with van der Waals surface area (Å²) in [6.45, 7) is 5.05. The standard InChI is InChI=1S/C18H20N4O3/c1-18(11-24-12-18)10-21-13-19-16-15(17(21)23)9-20-22(16)7-8-25-14-5-3-2-4-6-14/h2-6,9,13H,7-8,10-12H2,1H3. The van der Waals surface area contributed by atoms with Crippen molar-refractivity contribution in [3.05, 3.63) is 53.2 Å². The van der Waals surface area contributed by atoms with E-state index in [1.54, 1.807) is 21.8 Å². The van der Waals surface area contributed by atoms with Crippen LogP contribution in [0.2, 0.25) is 0 Å². The molecule has 0 amide bonds. The van der Waals surface area contributed by atoms with Crippen LogP contribution in [0.1, 0.15) is 6.92 Å². The molecule has 1 aromatic carbocycles. The monoisotopic (exact) mass is 340 g/mol. The highest BCUT2D eigenvalue weighted by molar-refractivity contribution is 5.72. The molecule has 3 heterocycles. The van der Waals surface area contributed by atoms with Gasteiger partial charge in [-0.15, -0.1) is 0 Å². The van der Waals surface area contributed by atoms with E-state index in [1.807, 2.05) is 30.3 Å². The van der Waals surface area contributed by atoms with Crippen molar-refractivity contribution in [1.29, 1.82) is 0 Å². The normalized spacial score (nSPS) is 15.9. The van der Waals surface area contributed by atoms with Gasteiger partial charge in [0.2, 0.25) is 0 Å². The zero-order valence-electron chi connectivity index (χ0n) is 14.1. The molecule has 0 atom stereocenters. The Kier molecular flexibility index (Phi) is 4.01. The second-order valence-electron chi connectivity index (χ2n) is 6.75. The molecule has 1 aliphatic rings.